The summed E-state index contributed by atoms with van der Waals surface area (Å²) in [6, 6.07) is 7.29. The molecule has 0 saturated heterocycles. The molecular formula is C12H11NO3. The van der Waals surface area contributed by atoms with E-state index in [2.05, 4.69) is 5.32 Å². The molecule has 4 nitrogen and oxygen atoms in total. The van der Waals surface area contributed by atoms with Gasteiger partial charge in [0, 0.05) is 12.3 Å². The molecule has 0 radical (unpaired) electrons. The molecule has 0 aliphatic rings. The highest BCUT2D eigenvalue weighted by molar-refractivity contribution is 5.97. The van der Waals surface area contributed by atoms with Gasteiger partial charge in [0.15, 0.2) is 6.29 Å². The molecule has 0 spiro atoms. The van der Waals surface area contributed by atoms with Gasteiger partial charge in [-0.05, 0) is 6.07 Å². The molecule has 82 valence electrons. The molecule has 1 heterocycles. The zero-order valence-corrected chi connectivity index (χ0v) is 8.82. The van der Waals surface area contributed by atoms with Crippen LogP contribution < -0.4 is 5.32 Å². The number of furan rings is 1. The van der Waals surface area contributed by atoms with E-state index in [4.69, 9.17) is 4.42 Å². The van der Waals surface area contributed by atoms with Gasteiger partial charge in [-0.1, -0.05) is 18.2 Å². The molecule has 1 amide bonds. The van der Waals surface area contributed by atoms with E-state index in [1.165, 1.54) is 6.92 Å². The van der Waals surface area contributed by atoms with Gasteiger partial charge in [-0.3, -0.25) is 9.59 Å². The number of amides is 1. The summed E-state index contributed by atoms with van der Waals surface area (Å²) in [4.78, 5) is 21.8. The number of carbonyl (C=O) groups excluding carboxylic acids is 2. The lowest BCUT2D eigenvalue weighted by atomic mass is 10.1. The zero-order chi connectivity index (χ0) is 11.5. The van der Waals surface area contributed by atoms with Gasteiger partial charge in [0.1, 0.15) is 11.3 Å². The van der Waals surface area contributed by atoms with Gasteiger partial charge in [-0.25, -0.2) is 0 Å². The second-order valence-corrected chi connectivity index (χ2v) is 3.46. The van der Waals surface area contributed by atoms with Crippen LogP contribution in [0.15, 0.2) is 28.7 Å². The van der Waals surface area contributed by atoms with Gasteiger partial charge in [0.2, 0.25) is 5.91 Å². The quantitative estimate of drug-likeness (QED) is 0.798. The van der Waals surface area contributed by atoms with Crippen molar-refractivity contribution in [2.45, 2.75) is 13.5 Å². The molecule has 0 fully saturated rings. The SMILES string of the molecule is CC(=O)NCc1oc2ccccc2c1C=O. The fraction of sp³-hybridized carbons (Fsp3) is 0.167. The average molecular weight is 217 g/mol. The van der Waals surface area contributed by atoms with Crippen LogP contribution in [0.4, 0.5) is 0 Å². The van der Waals surface area contributed by atoms with E-state index in [0.29, 0.717) is 16.9 Å². The van der Waals surface area contributed by atoms with Crippen molar-refractivity contribution in [3.8, 4) is 0 Å². The number of aldehydes is 1. The van der Waals surface area contributed by atoms with E-state index in [1.807, 2.05) is 18.2 Å². The van der Waals surface area contributed by atoms with Gasteiger partial charge in [0.05, 0.1) is 12.1 Å². The summed E-state index contributed by atoms with van der Waals surface area (Å²) >= 11 is 0. The molecule has 16 heavy (non-hydrogen) atoms. The molecule has 0 saturated carbocycles. The summed E-state index contributed by atoms with van der Waals surface area (Å²) in [6.45, 7) is 1.65. The highest BCUT2D eigenvalue weighted by atomic mass is 16.3. The monoisotopic (exact) mass is 217 g/mol. The fourth-order valence-corrected chi connectivity index (χ4v) is 1.58. The molecule has 0 unspecified atom stereocenters. The third-order valence-electron chi connectivity index (χ3n) is 2.33. The molecule has 4 heteroatoms. The van der Waals surface area contributed by atoms with Crippen LogP contribution in [-0.4, -0.2) is 12.2 Å². The molecule has 1 aromatic carbocycles. The first-order chi connectivity index (χ1) is 7.72. The first-order valence-corrected chi connectivity index (χ1v) is 4.92. The number of para-hydroxylation sites is 1. The summed E-state index contributed by atoms with van der Waals surface area (Å²) in [5, 5.41) is 3.38. The van der Waals surface area contributed by atoms with E-state index in [-0.39, 0.29) is 12.5 Å². The van der Waals surface area contributed by atoms with Gasteiger partial charge in [-0.2, -0.15) is 0 Å². The van der Waals surface area contributed by atoms with Gasteiger partial charge < -0.3 is 9.73 Å². The van der Waals surface area contributed by atoms with Crippen LogP contribution in [0.3, 0.4) is 0 Å². The Kier molecular flexibility index (Phi) is 2.72. The first kappa shape index (κ1) is 10.4. The molecule has 0 atom stereocenters. The molecule has 1 N–H and O–H groups in total. The van der Waals surface area contributed by atoms with Crippen molar-refractivity contribution in [3.05, 3.63) is 35.6 Å². The fourth-order valence-electron chi connectivity index (χ4n) is 1.58. The Morgan fingerprint density at radius 1 is 1.44 bits per heavy atom. The maximum Gasteiger partial charge on any atom is 0.217 e. The highest BCUT2D eigenvalue weighted by Gasteiger charge is 2.12. The van der Waals surface area contributed by atoms with E-state index < -0.39 is 0 Å². The minimum Gasteiger partial charge on any atom is -0.458 e. The minimum absolute atomic E-state index is 0.155. The third kappa shape index (κ3) is 1.82. The van der Waals surface area contributed by atoms with E-state index in [9.17, 15) is 9.59 Å². The number of rotatable bonds is 3. The maximum atomic E-state index is 11.0. The topological polar surface area (TPSA) is 59.3 Å². The minimum atomic E-state index is -0.155. The van der Waals surface area contributed by atoms with Crippen LogP contribution >= 0.6 is 0 Å². The summed E-state index contributed by atoms with van der Waals surface area (Å²) in [7, 11) is 0. The van der Waals surface area contributed by atoms with Crippen LogP contribution in [0.2, 0.25) is 0 Å². The van der Waals surface area contributed by atoms with Crippen molar-refractivity contribution < 1.29 is 14.0 Å². The molecule has 0 aliphatic carbocycles. The lowest BCUT2D eigenvalue weighted by molar-refractivity contribution is -0.119. The van der Waals surface area contributed by atoms with Crippen molar-refractivity contribution in [2.24, 2.45) is 0 Å². The van der Waals surface area contributed by atoms with Crippen molar-refractivity contribution in [1.29, 1.82) is 0 Å². The Labute approximate surface area is 92.2 Å². The number of hydrogen-bond donors (Lipinski definition) is 1. The van der Waals surface area contributed by atoms with Crippen LogP contribution in [0.25, 0.3) is 11.0 Å². The van der Waals surface area contributed by atoms with Gasteiger partial charge in [0.25, 0.3) is 0 Å². The predicted octanol–water partition coefficient (Wildman–Crippen LogP) is 1.88. The Morgan fingerprint density at radius 2 is 2.19 bits per heavy atom. The zero-order valence-electron chi connectivity index (χ0n) is 8.82. The highest BCUT2D eigenvalue weighted by Crippen LogP contribution is 2.24. The van der Waals surface area contributed by atoms with Crippen LogP contribution in [0.5, 0.6) is 0 Å². The second kappa shape index (κ2) is 4.18. The van der Waals surface area contributed by atoms with Crippen LogP contribution in [0, 0.1) is 0 Å². The second-order valence-electron chi connectivity index (χ2n) is 3.46. The normalized spacial score (nSPS) is 10.3. The number of carbonyl (C=O) groups is 2. The Morgan fingerprint density at radius 3 is 2.88 bits per heavy atom. The van der Waals surface area contributed by atoms with Crippen molar-refractivity contribution in [2.75, 3.05) is 0 Å². The van der Waals surface area contributed by atoms with Crippen LogP contribution in [0.1, 0.15) is 23.0 Å². The molecule has 0 bridgehead atoms. The first-order valence-electron chi connectivity index (χ1n) is 4.92. The number of benzene rings is 1. The molecular weight excluding hydrogens is 206 g/mol. The number of hydrogen-bond acceptors (Lipinski definition) is 3. The maximum absolute atomic E-state index is 11.0. The van der Waals surface area contributed by atoms with E-state index in [1.54, 1.807) is 6.07 Å². The standard InChI is InChI=1S/C12H11NO3/c1-8(15)13-6-12-10(7-14)9-4-2-3-5-11(9)16-12/h2-5,7H,6H2,1H3,(H,13,15). The molecule has 2 rings (SSSR count). The van der Waals surface area contributed by atoms with Crippen LogP contribution in [-0.2, 0) is 11.3 Å². The largest absolute Gasteiger partial charge is 0.458 e. The summed E-state index contributed by atoms with van der Waals surface area (Å²) in [5.41, 5.74) is 1.16. The van der Waals surface area contributed by atoms with E-state index in [0.717, 1.165) is 11.7 Å². The Bertz CT molecular complexity index is 542. The molecule has 1 aromatic heterocycles. The lowest BCUT2D eigenvalue weighted by Gasteiger charge is -1.98. The van der Waals surface area contributed by atoms with Gasteiger partial charge in [-0.15, -0.1) is 0 Å². The molecule has 0 aliphatic heterocycles. The van der Waals surface area contributed by atoms with Crippen molar-refractivity contribution in [1.82, 2.24) is 5.32 Å². The predicted molar refractivity (Wildman–Crippen MR) is 59.1 cm³/mol. The lowest BCUT2D eigenvalue weighted by Crippen LogP contribution is -2.19. The molecule has 2 aromatic rings. The summed E-state index contributed by atoms with van der Waals surface area (Å²) in [6.07, 6.45) is 0.753. The summed E-state index contributed by atoms with van der Waals surface area (Å²) < 4.78 is 5.49. The number of fused-ring (bicyclic) bond motifs is 1. The van der Waals surface area contributed by atoms with E-state index >= 15 is 0 Å². The average Bonchev–Trinajstić information content (AvgIpc) is 2.63. The Hall–Kier alpha value is -2.10. The van der Waals surface area contributed by atoms with Crippen molar-refractivity contribution >= 4 is 23.2 Å². The smallest absolute Gasteiger partial charge is 0.217 e. The van der Waals surface area contributed by atoms with Crippen molar-refractivity contribution in [3.63, 3.8) is 0 Å². The Balaban J connectivity index is 2.44. The third-order valence-corrected chi connectivity index (χ3v) is 2.33. The van der Waals surface area contributed by atoms with Gasteiger partial charge >= 0.3 is 0 Å². The summed E-state index contributed by atoms with van der Waals surface area (Å²) in [5.74, 6) is 0.337. The number of nitrogens with one attached hydrogen (secondary N) is 1.